The van der Waals surface area contributed by atoms with Crippen molar-refractivity contribution in [3.05, 3.63) is 77.1 Å². The molecule has 1 fully saturated rings. The summed E-state index contributed by atoms with van der Waals surface area (Å²) in [6.07, 6.45) is 4.44. The van der Waals surface area contributed by atoms with E-state index in [0.717, 1.165) is 54.0 Å². The van der Waals surface area contributed by atoms with Gasteiger partial charge in [-0.25, -0.2) is 9.48 Å². The van der Waals surface area contributed by atoms with Crippen LogP contribution in [0.4, 0.5) is 5.69 Å². The van der Waals surface area contributed by atoms with Gasteiger partial charge in [0.15, 0.2) is 0 Å². The number of β-amino-alcohol motifs (C(OH)–C–C–N with tert-alkyl or cyclic N) is 1. The van der Waals surface area contributed by atoms with Gasteiger partial charge in [0.1, 0.15) is 6.61 Å². The van der Waals surface area contributed by atoms with Gasteiger partial charge in [-0.15, -0.1) is 0 Å². The number of aliphatic hydroxyl groups excluding tert-OH is 1. The van der Waals surface area contributed by atoms with Crippen LogP contribution in [0.3, 0.4) is 0 Å². The number of hydrogen-bond donors (Lipinski definition) is 2. The summed E-state index contributed by atoms with van der Waals surface area (Å²) in [6.45, 7) is 4.19. The maximum Gasteiger partial charge on any atom is 0.338 e. The Bertz CT molecular complexity index is 1180. The number of rotatable bonds is 6. The van der Waals surface area contributed by atoms with Gasteiger partial charge in [-0.05, 0) is 80.4 Å². The van der Waals surface area contributed by atoms with Gasteiger partial charge in [0.05, 0.1) is 17.4 Å². The number of aromatic nitrogens is 2. The fourth-order valence-electron chi connectivity index (χ4n) is 4.81. The first kappa shape index (κ1) is 22.3. The van der Waals surface area contributed by atoms with E-state index in [1.807, 2.05) is 49.5 Å². The van der Waals surface area contributed by atoms with E-state index in [4.69, 9.17) is 4.74 Å². The van der Waals surface area contributed by atoms with Crippen LogP contribution in [0, 0.1) is 12.8 Å². The van der Waals surface area contributed by atoms with Crippen LogP contribution < -0.4 is 5.32 Å². The first-order chi connectivity index (χ1) is 16.5. The van der Waals surface area contributed by atoms with Crippen molar-refractivity contribution in [3.63, 3.8) is 0 Å². The number of carbonyl (C=O) groups excluding carboxylic acids is 2. The molecule has 1 saturated heterocycles. The summed E-state index contributed by atoms with van der Waals surface area (Å²) in [5.74, 6) is -0.316. The maximum atomic E-state index is 12.8. The van der Waals surface area contributed by atoms with Crippen molar-refractivity contribution in [2.45, 2.75) is 32.5 Å². The number of anilines is 1. The van der Waals surface area contributed by atoms with E-state index in [0.29, 0.717) is 12.1 Å². The van der Waals surface area contributed by atoms with E-state index in [1.165, 1.54) is 0 Å². The molecule has 176 valence electrons. The Morgan fingerprint density at radius 3 is 2.68 bits per heavy atom. The Hall–Kier alpha value is -3.49. The highest BCUT2D eigenvalue weighted by molar-refractivity contribution is 5.94. The summed E-state index contributed by atoms with van der Waals surface area (Å²) in [7, 11) is 0. The lowest BCUT2D eigenvalue weighted by Crippen LogP contribution is -2.40. The molecular weight excluding hydrogens is 432 g/mol. The zero-order valence-corrected chi connectivity index (χ0v) is 19.1. The summed E-state index contributed by atoms with van der Waals surface area (Å²) in [6, 6.07) is 13.1. The predicted octanol–water partition coefficient (Wildman–Crippen LogP) is 3.24. The van der Waals surface area contributed by atoms with E-state index < -0.39 is 6.10 Å². The third kappa shape index (κ3) is 4.47. The van der Waals surface area contributed by atoms with E-state index >= 15 is 0 Å². The standard InChI is InChI=1S/C26H28N4O4/c1-17-21(7-8-22-23(17)16-34-26(22)33)24(31)15-29-13-9-18(10-14-29)25(32)28-19-3-5-20(6-4-19)30-12-2-11-27-30/h2-8,11-12,18,24,31H,9-10,13-16H2,1H3,(H,28,32). The number of cyclic esters (lactones) is 1. The van der Waals surface area contributed by atoms with E-state index in [9.17, 15) is 14.7 Å². The van der Waals surface area contributed by atoms with Gasteiger partial charge in [-0.2, -0.15) is 5.10 Å². The summed E-state index contributed by atoms with van der Waals surface area (Å²) < 4.78 is 6.89. The Morgan fingerprint density at radius 1 is 1.21 bits per heavy atom. The van der Waals surface area contributed by atoms with E-state index in [2.05, 4.69) is 15.3 Å². The molecule has 5 rings (SSSR count). The van der Waals surface area contributed by atoms with Gasteiger partial charge in [0.25, 0.3) is 0 Å². The highest BCUT2D eigenvalue weighted by atomic mass is 16.5. The lowest BCUT2D eigenvalue weighted by atomic mass is 9.93. The van der Waals surface area contributed by atoms with Crippen LogP contribution in [0.5, 0.6) is 0 Å². The maximum absolute atomic E-state index is 12.8. The van der Waals surface area contributed by atoms with Gasteiger partial charge < -0.3 is 20.1 Å². The average molecular weight is 461 g/mol. The molecule has 1 unspecified atom stereocenters. The fourth-order valence-corrected chi connectivity index (χ4v) is 4.81. The molecule has 0 bridgehead atoms. The fraction of sp³-hybridized carbons (Fsp3) is 0.346. The second kappa shape index (κ2) is 9.40. The lowest BCUT2D eigenvalue weighted by Gasteiger charge is -2.33. The molecule has 8 heteroatoms. The lowest BCUT2D eigenvalue weighted by molar-refractivity contribution is -0.121. The third-order valence-corrected chi connectivity index (χ3v) is 6.86. The molecule has 1 amide bonds. The van der Waals surface area contributed by atoms with Gasteiger partial charge in [0.2, 0.25) is 5.91 Å². The van der Waals surface area contributed by atoms with Crippen LogP contribution in [0.25, 0.3) is 5.69 Å². The minimum atomic E-state index is -0.653. The number of ether oxygens (including phenoxy) is 1. The molecule has 2 aliphatic heterocycles. The first-order valence-corrected chi connectivity index (χ1v) is 11.6. The van der Waals surface area contributed by atoms with Gasteiger partial charge >= 0.3 is 5.97 Å². The molecule has 2 N–H and O–H groups in total. The Balaban J connectivity index is 1.13. The highest BCUT2D eigenvalue weighted by Gasteiger charge is 2.29. The summed E-state index contributed by atoms with van der Waals surface area (Å²) in [5.41, 5.74) is 4.92. The molecule has 0 saturated carbocycles. The first-order valence-electron chi connectivity index (χ1n) is 11.6. The SMILES string of the molecule is Cc1c(C(O)CN2CCC(C(=O)Nc3ccc(-n4cccn4)cc3)CC2)ccc2c1COC2=O. The van der Waals surface area contributed by atoms with E-state index in [-0.39, 0.29) is 24.4 Å². The molecule has 2 aromatic carbocycles. The van der Waals surface area contributed by atoms with Crippen molar-refractivity contribution in [3.8, 4) is 5.69 Å². The molecule has 3 aromatic rings. The average Bonchev–Trinajstić information content (AvgIpc) is 3.51. The van der Waals surface area contributed by atoms with Crippen LogP contribution in [0.1, 0.15) is 46.0 Å². The van der Waals surface area contributed by atoms with Crippen LogP contribution >= 0.6 is 0 Å². The number of nitrogens with zero attached hydrogens (tertiary/aromatic N) is 3. The topological polar surface area (TPSA) is 96.7 Å². The number of fused-ring (bicyclic) bond motifs is 1. The van der Waals surface area contributed by atoms with Crippen molar-refractivity contribution >= 4 is 17.6 Å². The minimum Gasteiger partial charge on any atom is -0.457 e. The van der Waals surface area contributed by atoms with Crippen LogP contribution in [-0.4, -0.2) is 51.3 Å². The molecule has 34 heavy (non-hydrogen) atoms. The van der Waals surface area contributed by atoms with Crippen molar-refractivity contribution in [1.29, 1.82) is 0 Å². The van der Waals surface area contributed by atoms with Crippen molar-refractivity contribution < 1.29 is 19.4 Å². The van der Waals surface area contributed by atoms with Gasteiger partial charge in [-0.1, -0.05) is 6.07 Å². The second-order valence-corrected chi connectivity index (χ2v) is 8.96. The van der Waals surface area contributed by atoms with Crippen molar-refractivity contribution in [1.82, 2.24) is 14.7 Å². The molecule has 2 aliphatic rings. The summed E-state index contributed by atoms with van der Waals surface area (Å²) in [5, 5.41) is 18.1. The highest BCUT2D eigenvalue weighted by Crippen LogP contribution is 2.30. The molecule has 3 heterocycles. The zero-order chi connectivity index (χ0) is 23.7. The summed E-state index contributed by atoms with van der Waals surface area (Å²) >= 11 is 0. The zero-order valence-electron chi connectivity index (χ0n) is 19.1. The molecular formula is C26H28N4O4. The normalized spacial score (nSPS) is 17.3. The van der Waals surface area contributed by atoms with E-state index in [1.54, 1.807) is 16.9 Å². The number of aliphatic hydroxyl groups is 1. The Kier molecular flexibility index (Phi) is 6.17. The molecule has 0 spiro atoms. The smallest absolute Gasteiger partial charge is 0.338 e. The predicted molar refractivity (Wildman–Crippen MR) is 127 cm³/mol. The number of benzene rings is 2. The van der Waals surface area contributed by atoms with Crippen LogP contribution in [0.15, 0.2) is 54.9 Å². The molecule has 0 aliphatic carbocycles. The third-order valence-electron chi connectivity index (χ3n) is 6.86. The molecule has 8 nitrogen and oxygen atoms in total. The number of carbonyl (C=O) groups is 2. The molecule has 1 aromatic heterocycles. The largest absolute Gasteiger partial charge is 0.457 e. The van der Waals surface area contributed by atoms with Crippen molar-refractivity contribution in [2.24, 2.45) is 5.92 Å². The number of likely N-dealkylation sites (tertiary alicyclic amines) is 1. The minimum absolute atomic E-state index is 0.0335. The number of amides is 1. The Labute approximate surface area is 198 Å². The van der Waals surface area contributed by atoms with Crippen molar-refractivity contribution in [2.75, 3.05) is 25.0 Å². The van der Waals surface area contributed by atoms with Gasteiger partial charge in [0, 0.05) is 36.1 Å². The number of hydrogen-bond acceptors (Lipinski definition) is 6. The quantitative estimate of drug-likeness (QED) is 0.549. The number of nitrogens with one attached hydrogen (secondary N) is 1. The Morgan fingerprint density at radius 2 is 1.97 bits per heavy atom. The number of piperidine rings is 1. The second-order valence-electron chi connectivity index (χ2n) is 8.96. The summed E-state index contributed by atoms with van der Waals surface area (Å²) in [4.78, 5) is 26.7. The van der Waals surface area contributed by atoms with Crippen LogP contribution in [-0.2, 0) is 16.1 Å². The molecule has 0 radical (unpaired) electrons. The monoisotopic (exact) mass is 460 g/mol. The van der Waals surface area contributed by atoms with Crippen LogP contribution in [0.2, 0.25) is 0 Å². The molecule has 1 atom stereocenters. The number of esters is 1. The van der Waals surface area contributed by atoms with Gasteiger partial charge in [-0.3, -0.25) is 4.79 Å².